The third kappa shape index (κ3) is 5.98. The van der Waals surface area contributed by atoms with Gasteiger partial charge in [0, 0.05) is 47.9 Å². The maximum atomic E-state index is 13.7. The van der Waals surface area contributed by atoms with Gasteiger partial charge >= 0.3 is 5.97 Å². The van der Waals surface area contributed by atoms with Crippen molar-refractivity contribution in [2.24, 2.45) is 0 Å². The summed E-state index contributed by atoms with van der Waals surface area (Å²) in [6, 6.07) is 7.89. The molecule has 1 saturated heterocycles. The molecule has 8 nitrogen and oxygen atoms in total. The number of nitrogens with zero attached hydrogens (tertiary/aromatic N) is 3. The molecule has 3 aliphatic rings. The number of carbonyl (C=O) groups excluding carboxylic acids is 1. The molecule has 214 valence electrons. The van der Waals surface area contributed by atoms with Gasteiger partial charge in [-0.2, -0.15) is 0 Å². The van der Waals surface area contributed by atoms with Crippen molar-refractivity contribution in [1.29, 1.82) is 5.41 Å². The predicted octanol–water partition coefficient (Wildman–Crippen LogP) is 5.46. The van der Waals surface area contributed by atoms with E-state index < -0.39 is 12.1 Å². The number of benzene rings is 1. The third-order valence-corrected chi connectivity index (χ3v) is 7.99. The van der Waals surface area contributed by atoms with E-state index in [1.54, 1.807) is 4.90 Å². The lowest BCUT2D eigenvalue weighted by molar-refractivity contribution is -0.143. The van der Waals surface area contributed by atoms with Gasteiger partial charge in [0.25, 0.3) is 0 Å². The number of carboxylic acids is 1. The van der Waals surface area contributed by atoms with Crippen molar-refractivity contribution in [2.75, 3.05) is 31.1 Å². The van der Waals surface area contributed by atoms with Crippen LogP contribution in [0.5, 0.6) is 5.75 Å². The van der Waals surface area contributed by atoms with Gasteiger partial charge in [-0.25, -0.2) is 14.2 Å². The first-order valence-corrected chi connectivity index (χ1v) is 14.3. The van der Waals surface area contributed by atoms with Gasteiger partial charge in [-0.3, -0.25) is 10.2 Å². The van der Waals surface area contributed by atoms with Crippen LogP contribution < -0.4 is 9.64 Å². The number of aliphatic carboxylic acids is 1. The number of Topliss-reactive ketones (excluding diaryl/α,β-unsaturated/α-hetero) is 1. The highest BCUT2D eigenvalue weighted by molar-refractivity contribution is 6.05. The standard InChI is InChI=1S/C31H39FN4O4/c1-31(2,3)22-15-21(16-25(35-12-4-5-13-35)28(22)40-14-6-7-23(32)30(38)39)26(37)18-36-17-20-10-11-24(19-8-9-19)34-27(20)29(36)33/h10-11,15-16,19,23,33H,4-9,12-14,17-18H2,1-3H3,(H,38,39). The van der Waals surface area contributed by atoms with E-state index >= 15 is 0 Å². The molecule has 2 fully saturated rings. The minimum Gasteiger partial charge on any atom is -0.491 e. The Kier molecular flexibility index (Phi) is 7.84. The zero-order chi connectivity index (χ0) is 28.6. The first-order valence-electron chi connectivity index (χ1n) is 14.3. The van der Waals surface area contributed by atoms with Crippen molar-refractivity contribution < 1.29 is 23.8 Å². The molecule has 5 rings (SSSR count). The average molecular weight is 551 g/mol. The van der Waals surface area contributed by atoms with Crippen LogP contribution in [0.3, 0.4) is 0 Å². The molecule has 2 N–H and O–H groups in total. The average Bonchev–Trinajstić information content (AvgIpc) is 3.53. The Hall–Kier alpha value is -3.49. The van der Waals surface area contributed by atoms with Crippen LogP contribution in [-0.4, -0.2) is 65.0 Å². The fourth-order valence-electron chi connectivity index (χ4n) is 5.51. The molecule has 1 aromatic heterocycles. The second-order valence-corrected chi connectivity index (χ2v) is 12.3. The molecule has 9 heteroatoms. The molecule has 1 aromatic carbocycles. The normalized spacial score (nSPS) is 17.8. The van der Waals surface area contributed by atoms with Crippen LogP contribution in [0.25, 0.3) is 0 Å². The zero-order valence-electron chi connectivity index (χ0n) is 23.6. The van der Waals surface area contributed by atoms with Gasteiger partial charge in [-0.05, 0) is 62.1 Å². The van der Waals surface area contributed by atoms with Crippen LogP contribution in [0.2, 0.25) is 0 Å². The fourth-order valence-corrected chi connectivity index (χ4v) is 5.51. The minimum absolute atomic E-state index is 0.0702. The van der Waals surface area contributed by atoms with Crippen molar-refractivity contribution in [3.8, 4) is 5.75 Å². The van der Waals surface area contributed by atoms with Crippen LogP contribution in [0.4, 0.5) is 10.1 Å². The fraction of sp³-hybridized carbons (Fsp3) is 0.548. The summed E-state index contributed by atoms with van der Waals surface area (Å²) in [5, 5.41) is 17.6. The van der Waals surface area contributed by atoms with Gasteiger partial charge < -0.3 is 19.6 Å². The SMILES string of the molecule is CC(C)(C)c1cc(C(=O)CN2Cc3ccc(C4CC4)nc3C2=N)cc(N2CCCC2)c1OCCCC(F)C(=O)O. The molecule has 0 radical (unpaired) electrons. The number of carboxylic acid groups (broad SMARTS) is 1. The molecule has 1 atom stereocenters. The molecule has 1 unspecified atom stereocenters. The Morgan fingerprint density at radius 3 is 2.58 bits per heavy atom. The van der Waals surface area contributed by atoms with Crippen LogP contribution in [-0.2, 0) is 16.8 Å². The molecule has 1 saturated carbocycles. The van der Waals surface area contributed by atoms with Crippen LogP contribution in [0.1, 0.15) is 98.1 Å². The van der Waals surface area contributed by atoms with Gasteiger partial charge in [0.1, 0.15) is 17.3 Å². The molecule has 0 bridgehead atoms. The van der Waals surface area contributed by atoms with Crippen LogP contribution in [0.15, 0.2) is 24.3 Å². The van der Waals surface area contributed by atoms with E-state index in [4.69, 9.17) is 20.2 Å². The van der Waals surface area contributed by atoms with E-state index in [1.165, 1.54) is 0 Å². The Labute approximate surface area is 235 Å². The summed E-state index contributed by atoms with van der Waals surface area (Å²) >= 11 is 0. The molecule has 1 aliphatic carbocycles. The molecule has 0 amide bonds. The second kappa shape index (κ2) is 11.2. The summed E-state index contributed by atoms with van der Waals surface area (Å²) in [7, 11) is 0. The predicted molar refractivity (Wildman–Crippen MR) is 152 cm³/mol. The summed E-state index contributed by atoms with van der Waals surface area (Å²) in [6.07, 6.45) is 2.63. The highest BCUT2D eigenvalue weighted by atomic mass is 19.1. The largest absolute Gasteiger partial charge is 0.491 e. The van der Waals surface area contributed by atoms with E-state index in [1.807, 2.05) is 18.2 Å². The number of ketones is 1. The number of carbonyl (C=O) groups is 2. The number of fused-ring (bicyclic) bond motifs is 1. The van der Waals surface area contributed by atoms with Gasteiger partial charge in [0.05, 0.1) is 18.8 Å². The smallest absolute Gasteiger partial charge is 0.338 e. The molecule has 0 spiro atoms. The number of hydrogen-bond donors (Lipinski definition) is 2. The second-order valence-electron chi connectivity index (χ2n) is 12.3. The minimum atomic E-state index is -1.91. The summed E-state index contributed by atoms with van der Waals surface area (Å²) in [4.78, 5) is 33.4. The molecule has 3 heterocycles. The van der Waals surface area contributed by atoms with Gasteiger partial charge in [-0.15, -0.1) is 0 Å². The van der Waals surface area contributed by atoms with Crippen LogP contribution >= 0.6 is 0 Å². The molecular weight excluding hydrogens is 511 g/mol. The Balaban J connectivity index is 1.38. The van der Waals surface area contributed by atoms with Gasteiger partial charge in [0.2, 0.25) is 0 Å². The van der Waals surface area contributed by atoms with Gasteiger partial charge in [0.15, 0.2) is 12.0 Å². The highest BCUT2D eigenvalue weighted by Crippen LogP contribution is 2.42. The number of ether oxygens (including phenoxy) is 1. The Morgan fingerprint density at radius 1 is 1.20 bits per heavy atom. The maximum absolute atomic E-state index is 13.7. The lowest BCUT2D eigenvalue weighted by atomic mass is 9.84. The van der Waals surface area contributed by atoms with Crippen molar-refractivity contribution in [3.63, 3.8) is 0 Å². The topological polar surface area (TPSA) is 107 Å². The first kappa shape index (κ1) is 28.1. The van der Waals surface area contributed by atoms with E-state index in [0.717, 1.165) is 61.3 Å². The summed E-state index contributed by atoms with van der Waals surface area (Å²) in [5.41, 5.74) is 4.67. The molecular formula is C31H39FN4O4. The number of halogens is 1. The number of pyridine rings is 1. The van der Waals surface area contributed by atoms with Crippen LogP contribution in [0, 0.1) is 5.41 Å². The van der Waals surface area contributed by atoms with Crippen molar-refractivity contribution in [2.45, 2.75) is 83.3 Å². The summed E-state index contributed by atoms with van der Waals surface area (Å²) < 4.78 is 19.8. The number of alkyl halides is 1. The summed E-state index contributed by atoms with van der Waals surface area (Å²) in [6.45, 7) is 8.66. The lowest BCUT2D eigenvalue weighted by Gasteiger charge is -2.30. The molecule has 2 aliphatic heterocycles. The highest BCUT2D eigenvalue weighted by Gasteiger charge is 2.33. The molecule has 40 heavy (non-hydrogen) atoms. The quantitative estimate of drug-likeness (QED) is 0.283. The number of nitrogens with one attached hydrogen (secondary N) is 1. The number of aromatic nitrogens is 1. The monoisotopic (exact) mass is 550 g/mol. The number of amidine groups is 1. The van der Waals surface area contributed by atoms with E-state index in [0.29, 0.717) is 35.3 Å². The van der Waals surface area contributed by atoms with Crippen molar-refractivity contribution >= 4 is 23.3 Å². The number of rotatable bonds is 11. The van der Waals surface area contributed by atoms with Crippen molar-refractivity contribution in [3.05, 3.63) is 52.3 Å². The first-order chi connectivity index (χ1) is 19.0. The lowest BCUT2D eigenvalue weighted by Crippen LogP contribution is -2.31. The Bertz CT molecular complexity index is 1310. The van der Waals surface area contributed by atoms with E-state index in [2.05, 4.69) is 31.7 Å². The zero-order valence-corrected chi connectivity index (χ0v) is 23.6. The summed E-state index contributed by atoms with van der Waals surface area (Å²) in [5.74, 6) is -0.0441. The van der Waals surface area contributed by atoms with E-state index in [9.17, 15) is 14.0 Å². The van der Waals surface area contributed by atoms with Crippen molar-refractivity contribution in [1.82, 2.24) is 9.88 Å². The number of anilines is 1. The molecule has 2 aromatic rings. The van der Waals surface area contributed by atoms with E-state index in [-0.39, 0.29) is 37.2 Å². The Morgan fingerprint density at radius 2 is 1.93 bits per heavy atom. The van der Waals surface area contributed by atoms with Gasteiger partial charge in [-0.1, -0.05) is 26.8 Å². The third-order valence-electron chi connectivity index (χ3n) is 7.99. The maximum Gasteiger partial charge on any atom is 0.338 e. The number of hydrogen-bond acceptors (Lipinski definition) is 6.